The predicted molar refractivity (Wildman–Crippen MR) is 279 cm³/mol. The molecule has 0 fully saturated rings. The quantitative estimate of drug-likeness (QED) is 0.0484. The van der Waals surface area contributed by atoms with Crippen molar-refractivity contribution in [3.05, 3.63) is 155 Å². The molecule has 374 valence electrons. The maximum atomic E-state index is 14.8. The molecule has 2 N–H and O–H groups in total. The Kier molecular flexibility index (Phi) is 19.6. The van der Waals surface area contributed by atoms with Crippen LogP contribution in [0.2, 0.25) is 18.1 Å². The highest BCUT2D eigenvalue weighted by Gasteiger charge is 2.40. The standard InChI is InChI=1S/C58H74N2O9Si/c1-12-49(69-70(10,11)58(7,8)9)36-50(60-56(64)68-57(4,5)6)54(62)59-51(55(63)67-39-44-26-20-15-21-27-44)35-48-34-46(29-31-53(48)66-38-43-24-18-14-19-25-43)45-28-30-52(47(33-45)32-40(2)41(3)61)65-37-42-22-16-13-17-23-42/h13-31,33-34,40,49-51H,12,32,35-39H2,1-11H3,(H,59,62)(H,60,64)/t40-,49+,50-,51-/m0/s1. The maximum absolute atomic E-state index is 14.8. The summed E-state index contributed by atoms with van der Waals surface area (Å²) in [5.41, 5.74) is 5.09. The zero-order valence-corrected chi connectivity index (χ0v) is 44.1. The molecular weight excluding hydrogens is 897 g/mol. The van der Waals surface area contributed by atoms with Crippen LogP contribution >= 0.6 is 0 Å². The van der Waals surface area contributed by atoms with E-state index in [1.54, 1.807) is 27.7 Å². The van der Waals surface area contributed by atoms with Crippen LogP contribution in [0.1, 0.15) is 103 Å². The summed E-state index contributed by atoms with van der Waals surface area (Å²) in [5.74, 6) is -0.244. The molecule has 5 aromatic rings. The second-order valence-corrected chi connectivity index (χ2v) is 25.4. The lowest BCUT2D eigenvalue weighted by Gasteiger charge is -2.40. The lowest BCUT2D eigenvalue weighted by atomic mass is 9.93. The van der Waals surface area contributed by atoms with Gasteiger partial charge >= 0.3 is 12.1 Å². The highest BCUT2D eigenvalue weighted by atomic mass is 28.4. The monoisotopic (exact) mass is 971 g/mol. The number of carbonyl (C=O) groups excluding carboxylic acids is 4. The van der Waals surface area contributed by atoms with Gasteiger partial charge in [0.15, 0.2) is 8.32 Å². The molecule has 0 spiro atoms. The number of benzene rings is 5. The van der Waals surface area contributed by atoms with Crippen LogP contribution in [0.4, 0.5) is 4.79 Å². The molecule has 0 bridgehead atoms. The van der Waals surface area contributed by atoms with Gasteiger partial charge in [0, 0.05) is 24.9 Å². The first-order valence-electron chi connectivity index (χ1n) is 24.4. The van der Waals surface area contributed by atoms with E-state index in [1.807, 2.05) is 141 Å². The molecule has 5 rings (SSSR count). The number of Topliss-reactive ketones (excluding diaryl/α,β-unsaturated/α-hetero) is 1. The summed E-state index contributed by atoms with van der Waals surface area (Å²) in [4.78, 5) is 55.2. The van der Waals surface area contributed by atoms with Gasteiger partial charge in [-0.05, 0) is 122 Å². The lowest BCUT2D eigenvalue weighted by Crippen LogP contribution is -2.55. The van der Waals surface area contributed by atoms with Crippen molar-refractivity contribution < 1.29 is 42.6 Å². The van der Waals surface area contributed by atoms with Gasteiger partial charge in [-0.25, -0.2) is 9.59 Å². The first-order valence-corrected chi connectivity index (χ1v) is 27.3. The predicted octanol–water partition coefficient (Wildman–Crippen LogP) is 12.1. The maximum Gasteiger partial charge on any atom is 0.408 e. The van der Waals surface area contributed by atoms with Crippen LogP contribution < -0.4 is 20.1 Å². The molecule has 70 heavy (non-hydrogen) atoms. The lowest BCUT2D eigenvalue weighted by molar-refractivity contribution is -0.149. The fourth-order valence-electron chi connectivity index (χ4n) is 7.41. The second-order valence-electron chi connectivity index (χ2n) is 20.6. The molecule has 0 aliphatic rings. The average Bonchev–Trinajstić information content (AvgIpc) is 3.31. The van der Waals surface area contributed by atoms with Crippen molar-refractivity contribution in [3.8, 4) is 22.6 Å². The third-order valence-electron chi connectivity index (χ3n) is 12.6. The Bertz CT molecular complexity index is 2480. The van der Waals surface area contributed by atoms with Gasteiger partial charge in [-0.1, -0.05) is 138 Å². The summed E-state index contributed by atoms with van der Waals surface area (Å²) in [5, 5.41) is 5.70. The topological polar surface area (TPSA) is 138 Å². The van der Waals surface area contributed by atoms with Gasteiger partial charge in [0.25, 0.3) is 0 Å². The molecule has 0 radical (unpaired) electrons. The number of rotatable bonds is 23. The third-order valence-corrected chi connectivity index (χ3v) is 17.2. The Morgan fingerprint density at radius 1 is 0.614 bits per heavy atom. The number of carbonyl (C=O) groups is 4. The summed E-state index contributed by atoms with van der Waals surface area (Å²) in [6.45, 7) is 22.1. The third kappa shape index (κ3) is 17.0. The number of amides is 2. The van der Waals surface area contributed by atoms with E-state index in [1.165, 1.54) is 0 Å². The Balaban J connectivity index is 1.56. The zero-order valence-electron chi connectivity index (χ0n) is 43.1. The highest BCUT2D eigenvalue weighted by molar-refractivity contribution is 6.74. The van der Waals surface area contributed by atoms with Crippen LogP contribution in [0.3, 0.4) is 0 Å². The molecule has 2 amide bonds. The Morgan fingerprint density at radius 3 is 1.53 bits per heavy atom. The number of esters is 1. The molecule has 11 nitrogen and oxygen atoms in total. The largest absolute Gasteiger partial charge is 0.489 e. The number of hydrogen-bond acceptors (Lipinski definition) is 9. The van der Waals surface area contributed by atoms with Crippen molar-refractivity contribution in [2.45, 2.75) is 150 Å². The van der Waals surface area contributed by atoms with Gasteiger partial charge in [0.05, 0.1) is 0 Å². The minimum Gasteiger partial charge on any atom is -0.489 e. The van der Waals surface area contributed by atoms with Crippen molar-refractivity contribution in [2.24, 2.45) is 5.92 Å². The number of nitrogens with one attached hydrogen (secondary N) is 2. The summed E-state index contributed by atoms with van der Waals surface area (Å²) < 4.78 is 31.3. The van der Waals surface area contributed by atoms with Gasteiger partial charge in [-0.15, -0.1) is 0 Å². The van der Waals surface area contributed by atoms with E-state index in [0.29, 0.717) is 36.5 Å². The fraction of sp³-hybridized carbons (Fsp3) is 0.414. The highest BCUT2D eigenvalue weighted by Crippen LogP contribution is 2.38. The van der Waals surface area contributed by atoms with E-state index in [4.69, 9.17) is 23.4 Å². The van der Waals surface area contributed by atoms with Gasteiger partial charge in [0.1, 0.15) is 54.8 Å². The number of hydrogen-bond donors (Lipinski definition) is 2. The van der Waals surface area contributed by atoms with E-state index in [0.717, 1.165) is 33.4 Å². The summed E-state index contributed by atoms with van der Waals surface area (Å²) in [6.07, 6.45) is 0.00750. The second kappa shape index (κ2) is 25.0. The summed E-state index contributed by atoms with van der Waals surface area (Å²) in [6, 6.07) is 38.4. The average molecular weight is 971 g/mol. The van der Waals surface area contributed by atoms with Crippen LogP contribution in [0.25, 0.3) is 11.1 Å². The number of ketones is 1. The van der Waals surface area contributed by atoms with E-state index in [9.17, 15) is 19.2 Å². The van der Waals surface area contributed by atoms with Crippen molar-refractivity contribution in [2.75, 3.05) is 0 Å². The van der Waals surface area contributed by atoms with E-state index < -0.39 is 44.0 Å². The van der Waals surface area contributed by atoms with Crippen LogP contribution in [-0.2, 0) is 60.9 Å². The SMILES string of the molecule is CC[C@H](C[C@H](NC(=O)OC(C)(C)C)C(=O)N[C@@H](Cc1cc(-c2ccc(OCc3ccccc3)c(C[C@H](C)C(C)=O)c2)ccc1OCc1ccccc1)C(=O)OCc1ccccc1)O[Si](C)(C)C(C)(C)C. The van der Waals surface area contributed by atoms with Gasteiger partial charge in [0.2, 0.25) is 5.91 Å². The Morgan fingerprint density at radius 2 is 1.09 bits per heavy atom. The van der Waals surface area contributed by atoms with Crippen molar-refractivity contribution in [3.63, 3.8) is 0 Å². The summed E-state index contributed by atoms with van der Waals surface area (Å²) >= 11 is 0. The molecule has 0 saturated carbocycles. The van der Waals surface area contributed by atoms with Gasteiger partial charge < -0.3 is 34.0 Å². The first kappa shape index (κ1) is 54.7. The van der Waals surface area contributed by atoms with E-state index in [-0.39, 0.29) is 48.9 Å². The molecule has 0 saturated heterocycles. The smallest absolute Gasteiger partial charge is 0.408 e. The van der Waals surface area contributed by atoms with Crippen LogP contribution in [0.15, 0.2) is 127 Å². The van der Waals surface area contributed by atoms with Gasteiger partial charge in [-0.2, -0.15) is 0 Å². The molecule has 0 aliphatic carbocycles. The van der Waals surface area contributed by atoms with Crippen LogP contribution in [0.5, 0.6) is 11.5 Å². The number of alkyl carbamates (subject to hydrolysis) is 1. The van der Waals surface area contributed by atoms with Crippen LogP contribution in [-0.4, -0.2) is 55.9 Å². The summed E-state index contributed by atoms with van der Waals surface area (Å²) in [7, 11) is -2.31. The zero-order chi connectivity index (χ0) is 51.1. The molecule has 5 aromatic carbocycles. The normalized spacial score (nSPS) is 13.5. The van der Waals surface area contributed by atoms with E-state index in [2.05, 4.69) is 44.5 Å². The molecule has 12 heteroatoms. The molecule has 0 unspecified atom stereocenters. The van der Waals surface area contributed by atoms with Crippen molar-refractivity contribution >= 4 is 32.1 Å². The first-order chi connectivity index (χ1) is 33.1. The molecule has 0 heterocycles. The minimum absolute atomic E-state index is 0.0263. The van der Waals surface area contributed by atoms with Crippen LogP contribution in [0, 0.1) is 5.92 Å². The van der Waals surface area contributed by atoms with E-state index >= 15 is 0 Å². The van der Waals surface area contributed by atoms with Crippen molar-refractivity contribution in [1.82, 2.24) is 10.6 Å². The molecule has 0 aliphatic heterocycles. The molecule has 0 aromatic heterocycles. The Hall–Kier alpha value is -6.24. The molecule has 4 atom stereocenters. The van der Waals surface area contributed by atoms with Crippen molar-refractivity contribution in [1.29, 1.82) is 0 Å². The molecular formula is C58H74N2O9Si. The number of ether oxygens (including phenoxy) is 4. The fourth-order valence-corrected chi connectivity index (χ4v) is 8.86. The minimum atomic E-state index is -2.31. The van der Waals surface area contributed by atoms with Gasteiger partial charge in [-0.3, -0.25) is 9.59 Å². The Labute approximate surface area is 417 Å².